The van der Waals surface area contributed by atoms with E-state index in [1.165, 1.54) is 0 Å². The molecule has 3 N–H and O–H groups in total. The Kier molecular flexibility index (Phi) is 6.15. The van der Waals surface area contributed by atoms with Gasteiger partial charge in [0.15, 0.2) is 6.10 Å². The Bertz CT molecular complexity index is 420. The SMILES string of the molecule is CCCOc1ccc(CN)c(OC(CC)C(=O)O)c1. The molecule has 0 spiro atoms. The summed E-state index contributed by atoms with van der Waals surface area (Å²) in [5.41, 5.74) is 6.39. The number of carboxylic acids is 1. The number of aliphatic carboxylic acids is 1. The molecule has 1 rings (SSSR count). The summed E-state index contributed by atoms with van der Waals surface area (Å²) in [6.07, 6.45) is 0.424. The molecule has 0 aromatic heterocycles. The Morgan fingerprint density at radius 3 is 2.68 bits per heavy atom. The number of ether oxygens (including phenoxy) is 2. The van der Waals surface area contributed by atoms with Crippen molar-refractivity contribution in [1.82, 2.24) is 0 Å². The van der Waals surface area contributed by atoms with E-state index in [0.29, 0.717) is 31.1 Å². The lowest BCUT2D eigenvalue weighted by Crippen LogP contribution is -2.26. The Labute approximate surface area is 113 Å². The van der Waals surface area contributed by atoms with Gasteiger partial charge in [0.2, 0.25) is 0 Å². The molecule has 1 aromatic carbocycles. The van der Waals surface area contributed by atoms with Crippen LogP contribution in [0.1, 0.15) is 32.3 Å². The molecule has 5 heteroatoms. The van der Waals surface area contributed by atoms with E-state index in [9.17, 15) is 4.79 Å². The number of hydrogen-bond acceptors (Lipinski definition) is 4. The highest BCUT2D eigenvalue weighted by molar-refractivity contribution is 5.72. The van der Waals surface area contributed by atoms with Crippen LogP contribution in [-0.4, -0.2) is 23.8 Å². The third kappa shape index (κ3) is 4.44. The number of nitrogens with two attached hydrogens (primary N) is 1. The van der Waals surface area contributed by atoms with E-state index in [0.717, 1.165) is 12.0 Å². The van der Waals surface area contributed by atoms with Crippen LogP contribution in [-0.2, 0) is 11.3 Å². The monoisotopic (exact) mass is 267 g/mol. The fraction of sp³-hybridized carbons (Fsp3) is 0.500. The second-order valence-corrected chi connectivity index (χ2v) is 4.18. The van der Waals surface area contributed by atoms with Crippen LogP contribution < -0.4 is 15.2 Å². The van der Waals surface area contributed by atoms with Gasteiger partial charge < -0.3 is 20.3 Å². The van der Waals surface area contributed by atoms with Crippen LogP contribution in [0.3, 0.4) is 0 Å². The highest BCUT2D eigenvalue weighted by atomic mass is 16.5. The highest BCUT2D eigenvalue weighted by Gasteiger charge is 2.18. The number of rotatable bonds is 8. The van der Waals surface area contributed by atoms with Gasteiger partial charge in [-0.3, -0.25) is 0 Å². The molecule has 5 nitrogen and oxygen atoms in total. The van der Waals surface area contributed by atoms with Crippen LogP contribution in [0.2, 0.25) is 0 Å². The number of hydrogen-bond donors (Lipinski definition) is 2. The zero-order valence-electron chi connectivity index (χ0n) is 11.4. The molecule has 106 valence electrons. The van der Waals surface area contributed by atoms with Crippen LogP contribution in [0.4, 0.5) is 0 Å². The summed E-state index contributed by atoms with van der Waals surface area (Å²) < 4.78 is 11.0. The fourth-order valence-electron chi connectivity index (χ4n) is 1.58. The zero-order valence-corrected chi connectivity index (χ0v) is 11.4. The van der Waals surface area contributed by atoms with Crippen molar-refractivity contribution in [1.29, 1.82) is 0 Å². The lowest BCUT2D eigenvalue weighted by molar-refractivity contribution is -0.145. The van der Waals surface area contributed by atoms with E-state index in [2.05, 4.69) is 0 Å². The summed E-state index contributed by atoms with van der Waals surface area (Å²) in [5.74, 6) is 0.157. The van der Waals surface area contributed by atoms with Crippen molar-refractivity contribution in [3.63, 3.8) is 0 Å². The molecule has 0 aliphatic carbocycles. The first-order chi connectivity index (χ1) is 9.12. The summed E-state index contributed by atoms with van der Waals surface area (Å²) in [7, 11) is 0. The summed E-state index contributed by atoms with van der Waals surface area (Å²) in [4.78, 5) is 11.0. The average molecular weight is 267 g/mol. The lowest BCUT2D eigenvalue weighted by atomic mass is 10.2. The Balaban J connectivity index is 2.91. The average Bonchev–Trinajstić information content (AvgIpc) is 2.42. The van der Waals surface area contributed by atoms with E-state index in [1.807, 2.05) is 13.0 Å². The third-order valence-electron chi connectivity index (χ3n) is 2.65. The van der Waals surface area contributed by atoms with Crippen LogP contribution in [0.15, 0.2) is 18.2 Å². The van der Waals surface area contributed by atoms with Crippen LogP contribution in [0.25, 0.3) is 0 Å². The fourth-order valence-corrected chi connectivity index (χ4v) is 1.58. The first-order valence-corrected chi connectivity index (χ1v) is 6.47. The summed E-state index contributed by atoms with van der Waals surface area (Å²) in [6, 6.07) is 5.31. The summed E-state index contributed by atoms with van der Waals surface area (Å²) in [6.45, 7) is 4.68. The maximum absolute atomic E-state index is 11.0. The quantitative estimate of drug-likeness (QED) is 0.754. The number of benzene rings is 1. The molecular weight excluding hydrogens is 246 g/mol. The standard InChI is InChI=1S/C14H21NO4/c1-3-7-18-11-6-5-10(9-15)13(8-11)19-12(4-2)14(16)17/h5-6,8,12H,3-4,7,9,15H2,1-2H3,(H,16,17). The normalized spacial score (nSPS) is 11.9. The van der Waals surface area contributed by atoms with Crippen molar-refractivity contribution in [2.24, 2.45) is 5.73 Å². The van der Waals surface area contributed by atoms with Crippen molar-refractivity contribution >= 4 is 5.97 Å². The molecule has 0 saturated heterocycles. The van der Waals surface area contributed by atoms with E-state index >= 15 is 0 Å². The molecule has 19 heavy (non-hydrogen) atoms. The molecule has 0 aliphatic heterocycles. The molecule has 1 unspecified atom stereocenters. The van der Waals surface area contributed by atoms with Crippen molar-refractivity contribution in [2.75, 3.05) is 6.61 Å². The number of carboxylic acid groups (broad SMARTS) is 1. The summed E-state index contributed by atoms with van der Waals surface area (Å²) >= 11 is 0. The van der Waals surface area contributed by atoms with Gasteiger partial charge in [-0.2, -0.15) is 0 Å². The maximum atomic E-state index is 11.0. The molecule has 0 bridgehead atoms. The molecule has 0 fully saturated rings. The van der Waals surface area contributed by atoms with Crippen LogP contribution >= 0.6 is 0 Å². The minimum Gasteiger partial charge on any atom is -0.493 e. The highest BCUT2D eigenvalue weighted by Crippen LogP contribution is 2.26. The molecule has 0 radical (unpaired) electrons. The van der Waals surface area contributed by atoms with Crippen molar-refractivity contribution in [2.45, 2.75) is 39.3 Å². The number of carbonyl (C=O) groups is 1. The van der Waals surface area contributed by atoms with Crippen LogP contribution in [0, 0.1) is 0 Å². The van der Waals surface area contributed by atoms with E-state index in [1.54, 1.807) is 19.1 Å². The van der Waals surface area contributed by atoms with Crippen molar-refractivity contribution in [3.05, 3.63) is 23.8 Å². The lowest BCUT2D eigenvalue weighted by Gasteiger charge is -2.17. The predicted molar refractivity (Wildman–Crippen MR) is 72.5 cm³/mol. The molecule has 0 amide bonds. The van der Waals surface area contributed by atoms with Gasteiger partial charge in [0.1, 0.15) is 11.5 Å². The van der Waals surface area contributed by atoms with Gasteiger partial charge in [-0.1, -0.05) is 19.9 Å². The van der Waals surface area contributed by atoms with Gasteiger partial charge in [0.05, 0.1) is 6.61 Å². The van der Waals surface area contributed by atoms with Crippen molar-refractivity contribution < 1.29 is 19.4 Å². The minimum absolute atomic E-state index is 0.291. The molecule has 1 aromatic rings. The van der Waals surface area contributed by atoms with E-state index in [-0.39, 0.29) is 0 Å². The Morgan fingerprint density at radius 2 is 2.16 bits per heavy atom. The van der Waals surface area contributed by atoms with E-state index < -0.39 is 12.1 Å². The van der Waals surface area contributed by atoms with Gasteiger partial charge in [0, 0.05) is 18.2 Å². The largest absolute Gasteiger partial charge is 0.493 e. The Morgan fingerprint density at radius 1 is 1.42 bits per heavy atom. The van der Waals surface area contributed by atoms with Gasteiger partial charge >= 0.3 is 5.97 Å². The second-order valence-electron chi connectivity index (χ2n) is 4.18. The first kappa shape index (κ1) is 15.3. The molecule has 0 heterocycles. The third-order valence-corrected chi connectivity index (χ3v) is 2.65. The maximum Gasteiger partial charge on any atom is 0.344 e. The molecular formula is C14H21NO4. The predicted octanol–water partition coefficient (Wildman–Crippen LogP) is 2.18. The molecule has 1 atom stereocenters. The van der Waals surface area contributed by atoms with Gasteiger partial charge in [0.25, 0.3) is 0 Å². The van der Waals surface area contributed by atoms with Crippen LogP contribution in [0.5, 0.6) is 11.5 Å². The van der Waals surface area contributed by atoms with Gasteiger partial charge in [-0.25, -0.2) is 4.79 Å². The first-order valence-electron chi connectivity index (χ1n) is 6.47. The molecule has 0 aliphatic rings. The molecule has 0 saturated carbocycles. The smallest absolute Gasteiger partial charge is 0.344 e. The van der Waals surface area contributed by atoms with Gasteiger partial charge in [-0.05, 0) is 18.9 Å². The van der Waals surface area contributed by atoms with E-state index in [4.69, 9.17) is 20.3 Å². The zero-order chi connectivity index (χ0) is 14.3. The summed E-state index contributed by atoms with van der Waals surface area (Å²) in [5, 5.41) is 9.02. The minimum atomic E-state index is -0.981. The Hall–Kier alpha value is -1.75. The van der Waals surface area contributed by atoms with Gasteiger partial charge in [-0.15, -0.1) is 0 Å². The van der Waals surface area contributed by atoms with Crippen molar-refractivity contribution in [3.8, 4) is 11.5 Å². The second kappa shape index (κ2) is 7.63. The topological polar surface area (TPSA) is 81.8 Å².